The second-order valence-corrected chi connectivity index (χ2v) is 7.26. The minimum Gasteiger partial charge on any atom is -0.493 e. The molecule has 0 aliphatic carbocycles. The van der Waals surface area contributed by atoms with Crippen molar-refractivity contribution in [2.45, 2.75) is 44.0 Å². The van der Waals surface area contributed by atoms with E-state index in [4.69, 9.17) is 26.2 Å². The van der Waals surface area contributed by atoms with E-state index in [2.05, 4.69) is 12.2 Å². The molecule has 1 aliphatic rings. The van der Waals surface area contributed by atoms with Crippen LogP contribution in [0.5, 0.6) is 11.5 Å². The van der Waals surface area contributed by atoms with Gasteiger partial charge in [0.25, 0.3) is 0 Å². The zero-order valence-electron chi connectivity index (χ0n) is 14.0. The molecule has 0 radical (unpaired) electrons. The van der Waals surface area contributed by atoms with Gasteiger partial charge in [0.15, 0.2) is 11.5 Å². The quantitative estimate of drug-likeness (QED) is 0.635. The number of carbonyl (C=O) groups is 1. The number of methoxy groups -OCH3 is 1. The fourth-order valence-corrected chi connectivity index (χ4v) is 4.03. The van der Waals surface area contributed by atoms with E-state index >= 15 is 0 Å². The number of carboxylic acid groups (broad SMARTS) is 1. The molecule has 2 N–H and O–H groups in total. The number of halogens is 1. The molecule has 0 amide bonds. The zero-order chi connectivity index (χ0) is 17.5. The predicted octanol–water partition coefficient (Wildman–Crippen LogP) is 4.10. The van der Waals surface area contributed by atoms with Gasteiger partial charge >= 0.3 is 5.97 Å². The van der Waals surface area contributed by atoms with Crippen molar-refractivity contribution in [1.82, 2.24) is 5.32 Å². The van der Waals surface area contributed by atoms with E-state index in [-0.39, 0.29) is 5.37 Å². The first-order valence-corrected chi connectivity index (χ1v) is 9.60. The molecule has 1 saturated heterocycles. The molecule has 1 aromatic rings. The summed E-state index contributed by atoms with van der Waals surface area (Å²) in [6.07, 6.45) is 4.49. The van der Waals surface area contributed by atoms with Gasteiger partial charge in [-0.25, -0.2) is 0 Å². The minimum atomic E-state index is -0.838. The Morgan fingerprint density at radius 2 is 2.21 bits per heavy atom. The standard InChI is InChI=1S/C17H24ClNO4S/c1-3-4-5-6-7-23-15-12(18)8-11(9-14(15)22-2)16-19-13(10-24-16)17(20)21/h8-9,13,16,19H,3-7,10H2,1-2H3,(H,20,21). The van der Waals surface area contributed by atoms with Crippen molar-refractivity contribution >= 4 is 29.3 Å². The number of thioether (sulfide) groups is 1. The van der Waals surface area contributed by atoms with Gasteiger partial charge in [0.2, 0.25) is 0 Å². The lowest BCUT2D eigenvalue weighted by Crippen LogP contribution is -2.33. The van der Waals surface area contributed by atoms with Crippen LogP contribution in [0, 0.1) is 0 Å². The topological polar surface area (TPSA) is 67.8 Å². The Kier molecular flexibility index (Phi) is 7.52. The summed E-state index contributed by atoms with van der Waals surface area (Å²) >= 11 is 7.92. The van der Waals surface area contributed by atoms with Crippen molar-refractivity contribution in [3.8, 4) is 11.5 Å². The van der Waals surface area contributed by atoms with Crippen LogP contribution in [0.25, 0.3) is 0 Å². The molecule has 1 aromatic carbocycles. The minimum absolute atomic E-state index is 0.115. The third-order valence-corrected chi connectivity index (χ3v) is 5.43. The molecule has 134 valence electrons. The van der Waals surface area contributed by atoms with Crippen LogP contribution in [0.2, 0.25) is 5.02 Å². The van der Waals surface area contributed by atoms with Crippen LogP contribution < -0.4 is 14.8 Å². The number of carboxylic acids is 1. The average Bonchev–Trinajstić information content (AvgIpc) is 3.05. The first kappa shape index (κ1) is 19.2. The molecule has 5 nitrogen and oxygen atoms in total. The molecule has 2 rings (SSSR count). The zero-order valence-corrected chi connectivity index (χ0v) is 15.6. The number of aliphatic carboxylic acids is 1. The smallest absolute Gasteiger partial charge is 0.321 e. The second kappa shape index (κ2) is 9.39. The molecular weight excluding hydrogens is 350 g/mol. The van der Waals surface area contributed by atoms with E-state index in [0.717, 1.165) is 18.4 Å². The highest BCUT2D eigenvalue weighted by Gasteiger charge is 2.31. The summed E-state index contributed by atoms with van der Waals surface area (Å²) in [7, 11) is 1.58. The first-order valence-electron chi connectivity index (χ1n) is 8.17. The number of rotatable bonds is 9. The van der Waals surface area contributed by atoms with E-state index in [0.29, 0.717) is 28.9 Å². The Labute approximate surface area is 152 Å². The van der Waals surface area contributed by atoms with E-state index in [1.165, 1.54) is 12.8 Å². The van der Waals surface area contributed by atoms with Crippen LogP contribution in [0.4, 0.5) is 0 Å². The maximum atomic E-state index is 11.1. The molecule has 24 heavy (non-hydrogen) atoms. The maximum Gasteiger partial charge on any atom is 0.321 e. The van der Waals surface area contributed by atoms with Gasteiger partial charge in [-0.3, -0.25) is 10.1 Å². The summed E-state index contributed by atoms with van der Waals surface area (Å²) in [5.74, 6) is 0.816. The highest BCUT2D eigenvalue weighted by molar-refractivity contribution is 7.99. The van der Waals surface area contributed by atoms with Crippen molar-refractivity contribution in [1.29, 1.82) is 0 Å². The number of unbranched alkanes of at least 4 members (excludes halogenated alkanes) is 3. The summed E-state index contributed by atoms with van der Waals surface area (Å²) in [5.41, 5.74) is 0.893. The number of ether oxygens (including phenoxy) is 2. The van der Waals surface area contributed by atoms with Gasteiger partial charge in [-0.2, -0.15) is 0 Å². The molecule has 0 saturated carbocycles. The highest BCUT2D eigenvalue weighted by atomic mass is 35.5. The van der Waals surface area contributed by atoms with Crippen molar-refractivity contribution in [2.75, 3.05) is 19.5 Å². The molecule has 0 bridgehead atoms. The largest absolute Gasteiger partial charge is 0.493 e. The number of benzene rings is 1. The average molecular weight is 374 g/mol. The number of hydrogen-bond acceptors (Lipinski definition) is 5. The van der Waals surface area contributed by atoms with Crippen LogP contribution in [0.1, 0.15) is 43.5 Å². The normalized spacial score (nSPS) is 20.1. The SMILES string of the molecule is CCCCCCOc1c(Cl)cc(C2NC(C(=O)O)CS2)cc1OC. The summed E-state index contributed by atoms with van der Waals surface area (Å²) in [4.78, 5) is 11.1. The van der Waals surface area contributed by atoms with Crippen LogP contribution in [0.3, 0.4) is 0 Å². The molecule has 7 heteroatoms. The maximum absolute atomic E-state index is 11.1. The summed E-state index contributed by atoms with van der Waals surface area (Å²) in [5, 5.41) is 12.5. The molecule has 2 atom stereocenters. The Morgan fingerprint density at radius 3 is 2.83 bits per heavy atom. The lowest BCUT2D eigenvalue weighted by molar-refractivity contribution is -0.138. The molecule has 1 heterocycles. The Balaban J connectivity index is 2.05. The van der Waals surface area contributed by atoms with Crippen molar-refractivity contribution in [2.24, 2.45) is 0 Å². The van der Waals surface area contributed by atoms with Crippen LogP contribution in [0.15, 0.2) is 12.1 Å². The van der Waals surface area contributed by atoms with E-state index in [9.17, 15) is 4.79 Å². The lowest BCUT2D eigenvalue weighted by atomic mass is 10.1. The molecule has 1 aliphatic heterocycles. The van der Waals surface area contributed by atoms with Crippen molar-refractivity contribution in [3.05, 3.63) is 22.7 Å². The third-order valence-electron chi connectivity index (χ3n) is 3.88. The summed E-state index contributed by atoms with van der Waals surface area (Å²) < 4.78 is 11.2. The number of nitrogens with one attached hydrogen (secondary N) is 1. The van der Waals surface area contributed by atoms with Crippen LogP contribution in [-0.2, 0) is 4.79 Å². The van der Waals surface area contributed by atoms with Gasteiger partial charge in [0.05, 0.1) is 24.1 Å². The second-order valence-electron chi connectivity index (χ2n) is 5.71. The monoisotopic (exact) mass is 373 g/mol. The summed E-state index contributed by atoms with van der Waals surface area (Å²) in [6.45, 7) is 2.77. The fourth-order valence-electron chi connectivity index (χ4n) is 2.54. The van der Waals surface area contributed by atoms with Gasteiger partial charge in [0.1, 0.15) is 6.04 Å². The Hall–Kier alpha value is -1.11. The fraction of sp³-hybridized carbons (Fsp3) is 0.588. The Bertz CT molecular complexity index is 570. The van der Waals surface area contributed by atoms with E-state index in [1.54, 1.807) is 18.9 Å². The molecule has 0 aromatic heterocycles. The van der Waals surface area contributed by atoms with E-state index in [1.807, 2.05) is 12.1 Å². The van der Waals surface area contributed by atoms with E-state index < -0.39 is 12.0 Å². The van der Waals surface area contributed by atoms with Crippen molar-refractivity contribution < 1.29 is 19.4 Å². The predicted molar refractivity (Wildman–Crippen MR) is 97.4 cm³/mol. The lowest BCUT2D eigenvalue weighted by Gasteiger charge is -2.17. The highest BCUT2D eigenvalue weighted by Crippen LogP contribution is 2.42. The van der Waals surface area contributed by atoms with Gasteiger partial charge in [-0.05, 0) is 24.1 Å². The van der Waals surface area contributed by atoms with Gasteiger partial charge in [-0.1, -0.05) is 37.8 Å². The van der Waals surface area contributed by atoms with Crippen LogP contribution >= 0.6 is 23.4 Å². The van der Waals surface area contributed by atoms with Gasteiger partial charge in [-0.15, -0.1) is 11.8 Å². The van der Waals surface area contributed by atoms with Gasteiger partial charge < -0.3 is 14.6 Å². The molecule has 0 spiro atoms. The number of hydrogen-bond donors (Lipinski definition) is 2. The summed E-state index contributed by atoms with van der Waals surface area (Å²) in [6, 6.07) is 3.14. The van der Waals surface area contributed by atoms with Crippen LogP contribution in [-0.4, -0.2) is 36.6 Å². The first-order chi connectivity index (χ1) is 11.6. The van der Waals surface area contributed by atoms with Crippen molar-refractivity contribution in [3.63, 3.8) is 0 Å². The third kappa shape index (κ3) is 4.94. The molecule has 2 unspecified atom stereocenters. The van der Waals surface area contributed by atoms with Gasteiger partial charge in [0, 0.05) is 5.75 Å². The molecule has 1 fully saturated rings. The Morgan fingerprint density at radius 1 is 1.42 bits per heavy atom. The molecular formula is C17H24ClNO4S.